The number of halogens is 1. The maximum absolute atomic E-state index is 12.2. The molecular formula is C12H10BrNO2S. The average molecular weight is 312 g/mol. The summed E-state index contributed by atoms with van der Waals surface area (Å²) in [6.07, 6.45) is 0. The first-order chi connectivity index (χ1) is 8.13. The van der Waals surface area contributed by atoms with E-state index in [-0.39, 0.29) is 5.78 Å². The molecule has 0 atom stereocenters. The zero-order valence-electron chi connectivity index (χ0n) is 9.07. The maximum atomic E-state index is 12.2. The number of ketones is 1. The van der Waals surface area contributed by atoms with Crippen LogP contribution >= 0.6 is 27.3 Å². The molecule has 0 fully saturated rings. The summed E-state index contributed by atoms with van der Waals surface area (Å²) in [6.45, 7) is 0. The fraction of sp³-hybridized carbons (Fsp3) is 0.0833. The van der Waals surface area contributed by atoms with Crippen molar-refractivity contribution in [3.05, 3.63) is 44.6 Å². The zero-order valence-corrected chi connectivity index (χ0v) is 11.5. The molecule has 0 aliphatic carbocycles. The molecule has 0 unspecified atom stereocenters. The maximum Gasteiger partial charge on any atom is 0.197 e. The number of carbonyl (C=O) groups excluding carboxylic acids is 1. The van der Waals surface area contributed by atoms with Gasteiger partial charge in [0.15, 0.2) is 5.78 Å². The van der Waals surface area contributed by atoms with Gasteiger partial charge in [0.25, 0.3) is 0 Å². The van der Waals surface area contributed by atoms with E-state index in [1.54, 1.807) is 30.7 Å². The Morgan fingerprint density at radius 3 is 2.65 bits per heavy atom. The molecule has 0 radical (unpaired) electrons. The van der Waals surface area contributed by atoms with E-state index in [0.29, 0.717) is 22.6 Å². The van der Waals surface area contributed by atoms with E-state index in [4.69, 9.17) is 10.5 Å². The van der Waals surface area contributed by atoms with Gasteiger partial charge in [0.1, 0.15) is 5.75 Å². The Bertz CT molecular complexity index is 565. The molecule has 17 heavy (non-hydrogen) atoms. The average Bonchev–Trinajstić information content (AvgIpc) is 2.74. The highest BCUT2D eigenvalue weighted by molar-refractivity contribution is 9.10. The summed E-state index contributed by atoms with van der Waals surface area (Å²) in [6, 6.07) is 5.05. The normalized spacial score (nSPS) is 10.2. The van der Waals surface area contributed by atoms with Crippen molar-refractivity contribution in [2.75, 3.05) is 12.8 Å². The van der Waals surface area contributed by atoms with E-state index in [0.717, 1.165) is 4.47 Å². The van der Waals surface area contributed by atoms with E-state index in [2.05, 4.69) is 15.9 Å². The van der Waals surface area contributed by atoms with Crippen LogP contribution in [0.1, 0.15) is 15.9 Å². The molecule has 0 saturated heterocycles. The van der Waals surface area contributed by atoms with Crippen LogP contribution in [-0.2, 0) is 0 Å². The lowest BCUT2D eigenvalue weighted by atomic mass is 10.0. The number of anilines is 1. The van der Waals surface area contributed by atoms with Gasteiger partial charge in [-0.05, 0) is 28.1 Å². The number of rotatable bonds is 3. The summed E-state index contributed by atoms with van der Waals surface area (Å²) in [5, 5.41) is 3.67. The number of nitrogens with two attached hydrogens (primary N) is 1. The number of benzene rings is 1. The number of nitrogen functional groups attached to an aromatic ring is 1. The Morgan fingerprint density at radius 2 is 2.12 bits per heavy atom. The van der Waals surface area contributed by atoms with Crippen molar-refractivity contribution in [1.82, 2.24) is 0 Å². The van der Waals surface area contributed by atoms with Gasteiger partial charge in [-0.2, -0.15) is 11.3 Å². The molecule has 2 aromatic rings. The Morgan fingerprint density at radius 1 is 1.35 bits per heavy atom. The van der Waals surface area contributed by atoms with Gasteiger partial charge in [0.05, 0.1) is 7.11 Å². The molecule has 1 aromatic carbocycles. The van der Waals surface area contributed by atoms with E-state index in [1.807, 2.05) is 5.38 Å². The molecule has 1 aromatic heterocycles. The topological polar surface area (TPSA) is 52.3 Å². The van der Waals surface area contributed by atoms with Crippen molar-refractivity contribution in [3.63, 3.8) is 0 Å². The molecule has 3 nitrogen and oxygen atoms in total. The Balaban J connectivity index is 2.41. The van der Waals surface area contributed by atoms with Crippen molar-refractivity contribution >= 4 is 38.7 Å². The van der Waals surface area contributed by atoms with Crippen LogP contribution < -0.4 is 10.5 Å². The number of carbonyl (C=O) groups is 1. The number of hydrogen-bond donors (Lipinski definition) is 1. The van der Waals surface area contributed by atoms with Gasteiger partial charge in [-0.25, -0.2) is 0 Å². The molecule has 1 heterocycles. The summed E-state index contributed by atoms with van der Waals surface area (Å²) in [7, 11) is 1.56. The van der Waals surface area contributed by atoms with Crippen LogP contribution in [0.25, 0.3) is 0 Å². The lowest BCUT2D eigenvalue weighted by Gasteiger charge is -2.06. The Hall–Kier alpha value is -1.33. The van der Waals surface area contributed by atoms with Crippen molar-refractivity contribution in [2.24, 2.45) is 0 Å². The second-order valence-corrected chi connectivity index (χ2v) is 5.01. The summed E-state index contributed by atoms with van der Waals surface area (Å²) >= 11 is 4.81. The van der Waals surface area contributed by atoms with Crippen molar-refractivity contribution in [2.45, 2.75) is 0 Å². The van der Waals surface area contributed by atoms with Crippen LogP contribution in [-0.4, -0.2) is 12.9 Å². The molecule has 2 rings (SSSR count). The van der Waals surface area contributed by atoms with Gasteiger partial charge in [-0.3, -0.25) is 4.79 Å². The second kappa shape index (κ2) is 4.89. The quantitative estimate of drug-likeness (QED) is 0.698. The predicted molar refractivity (Wildman–Crippen MR) is 72.9 cm³/mol. The number of hydrogen-bond acceptors (Lipinski definition) is 4. The molecule has 0 bridgehead atoms. The minimum atomic E-state index is -0.0849. The molecular weight excluding hydrogens is 302 g/mol. The molecule has 0 aliphatic heterocycles. The third-order valence-corrected chi connectivity index (χ3v) is 4.07. The molecule has 0 saturated carbocycles. The lowest BCUT2D eigenvalue weighted by Crippen LogP contribution is -2.05. The summed E-state index contributed by atoms with van der Waals surface area (Å²) in [5.41, 5.74) is 7.39. The van der Waals surface area contributed by atoms with Crippen molar-refractivity contribution < 1.29 is 9.53 Å². The zero-order chi connectivity index (χ0) is 12.4. The van der Waals surface area contributed by atoms with Gasteiger partial charge in [-0.1, -0.05) is 0 Å². The van der Waals surface area contributed by atoms with E-state index in [9.17, 15) is 4.79 Å². The first-order valence-electron chi connectivity index (χ1n) is 4.83. The van der Waals surface area contributed by atoms with Crippen molar-refractivity contribution in [3.8, 4) is 5.75 Å². The van der Waals surface area contributed by atoms with E-state index in [1.165, 1.54) is 11.3 Å². The highest BCUT2D eigenvalue weighted by Gasteiger charge is 2.16. The number of ether oxygens (including phenoxy) is 1. The predicted octanol–water partition coefficient (Wildman–Crippen LogP) is 3.33. The van der Waals surface area contributed by atoms with E-state index >= 15 is 0 Å². The number of thiophene rings is 1. The third-order valence-electron chi connectivity index (χ3n) is 2.36. The molecule has 88 valence electrons. The van der Waals surface area contributed by atoms with Gasteiger partial charge < -0.3 is 10.5 Å². The first kappa shape index (κ1) is 12.1. The first-order valence-corrected chi connectivity index (χ1v) is 6.57. The fourth-order valence-corrected chi connectivity index (χ4v) is 2.92. The number of methoxy groups -OCH3 is 1. The van der Waals surface area contributed by atoms with Crippen LogP contribution in [0.4, 0.5) is 5.69 Å². The largest absolute Gasteiger partial charge is 0.497 e. The van der Waals surface area contributed by atoms with E-state index < -0.39 is 0 Å². The fourth-order valence-electron chi connectivity index (χ4n) is 1.46. The SMILES string of the molecule is COc1ccc(C(=O)c2cscc2Br)c(N)c1. The summed E-state index contributed by atoms with van der Waals surface area (Å²) in [4.78, 5) is 12.2. The summed E-state index contributed by atoms with van der Waals surface area (Å²) in [5.74, 6) is 0.557. The van der Waals surface area contributed by atoms with Crippen LogP contribution in [0.2, 0.25) is 0 Å². The van der Waals surface area contributed by atoms with Gasteiger partial charge in [-0.15, -0.1) is 0 Å². The smallest absolute Gasteiger partial charge is 0.197 e. The van der Waals surface area contributed by atoms with Crippen LogP contribution in [0.3, 0.4) is 0 Å². The third kappa shape index (κ3) is 2.35. The highest BCUT2D eigenvalue weighted by Crippen LogP contribution is 2.27. The molecule has 5 heteroatoms. The molecule has 0 amide bonds. The van der Waals surface area contributed by atoms with Crippen LogP contribution in [0.15, 0.2) is 33.4 Å². The highest BCUT2D eigenvalue weighted by atomic mass is 79.9. The van der Waals surface area contributed by atoms with Crippen LogP contribution in [0, 0.1) is 0 Å². The summed E-state index contributed by atoms with van der Waals surface area (Å²) < 4.78 is 5.84. The van der Waals surface area contributed by atoms with Crippen molar-refractivity contribution in [1.29, 1.82) is 0 Å². The molecule has 2 N–H and O–H groups in total. The van der Waals surface area contributed by atoms with Crippen LogP contribution in [0.5, 0.6) is 5.75 Å². The van der Waals surface area contributed by atoms with Gasteiger partial charge >= 0.3 is 0 Å². The standard InChI is InChI=1S/C12H10BrNO2S/c1-16-7-2-3-8(11(14)4-7)12(15)9-5-17-6-10(9)13/h2-6H,14H2,1H3. The monoisotopic (exact) mass is 311 g/mol. The lowest BCUT2D eigenvalue weighted by molar-refractivity contribution is 0.103. The Kier molecular flexibility index (Phi) is 3.49. The van der Waals surface area contributed by atoms with Gasteiger partial charge in [0.2, 0.25) is 0 Å². The Labute approximate surface area is 111 Å². The molecule has 0 spiro atoms. The minimum Gasteiger partial charge on any atom is -0.497 e. The second-order valence-electron chi connectivity index (χ2n) is 3.42. The minimum absolute atomic E-state index is 0.0849. The van der Waals surface area contributed by atoms with Gasteiger partial charge in [0, 0.05) is 38.1 Å². The molecule has 0 aliphatic rings.